The molecule has 0 amide bonds. The maximum atomic E-state index is 11.7. The summed E-state index contributed by atoms with van der Waals surface area (Å²) in [7, 11) is -3.41. The molecule has 0 saturated heterocycles. The van der Waals surface area contributed by atoms with Crippen LogP contribution in [0.25, 0.3) is 0 Å². The summed E-state index contributed by atoms with van der Waals surface area (Å²) in [6.07, 6.45) is 0. The van der Waals surface area contributed by atoms with Gasteiger partial charge in [0, 0.05) is 18.6 Å². The summed E-state index contributed by atoms with van der Waals surface area (Å²) in [4.78, 5) is 0. The summed E-state index contributed by atoms with van der Waals surface area (Å²) in [6, 6.07) is -0.145. The lowest BCUT2D eigenvalue weighted by Crippen LogP contribution is -2.76. The van der Waals surface area contributed by atoms with E-state index in [-0.39, 0.29) is 22.9 Å². The van der Waals surface area contributed by atoms with Crippen molar-refractivity contribution in [3.05, 3.63) is 0 Å². The van der Waals surface area contributed by atoms with Crippen LogP contribution in [0.2, 0.25) is 0 Å². The standard InChI is InChI=1S/C10H23N3O2S/c1-6-12-16(14,15)13-8-9(2,3)7(11)10(8,4)5/h7-8,12-13H,6,11H2,1-5H3. The summed E-state index contributed by atoms with van der Waals surface area (Å²) in [5.74, 6) is 0. The third kappa shape index (κ3) is 2.11. The van der Waals surface area contributed by atoms with Gasteiger partial charge in [0.05, 0.1) is 0 Å². The molecule has 6 heteroatoms. The monoisotopic (exact) mass is 249 g/mol. The molecule has 0 aromatic heterocycles. The molecule has 96 valence electrons. The van der Waals surface area contributed by atoms with Crippen LogP contribution in [0.5, 0.6) is 0 Å². The first kappa shape index (κ1) is 13.9. The lowest BCUT2D eigenvalue weighted by atomic mass is 9.49. The highest BCUT2D eigenvalue weighted by molar-refractivity contribution is 7.87. The molecule has 0 aromatic carbocycles. The lowest BCUT2D eigenvalue weighted by Gasteiger charge is -2.62. The molecule has 1 fully saturated rings. The molecule has 0 aromatic rings. The van der Waals surface area contributed by atoms with Crippen molar-refractivity contribution in [2.75, 3.05) is 6.54 Å². The summed E-state index contributed by atoms with van der Waals surface area (Å²) in [6.45, 7) is 10.1. The minimum absolute atomic E-state index is 0.00525. The van der Waals surface area contributed by atoms with Crippen LogP contribution >= 0.6 is 0 Å². The SMILES string of the molecule is CCNS(=O)(=O)NC1C(C)(C)C(N)C1(C)C. The second-order valence-electron chi connectivity index (χ2n) is 5.67. The van der Waals surface area contributed by atoms with Crippen LogP contribution in [-0.4, -0.2) is 27.0 Å². The van der Waals surface area contributed by atoms with Crippen molar-refractivity contribution in [1.29, 1.82) is 0 Å². The number of nitrogens with one attached hydrogen (secondary N) is 2. The van der Waals surface area contributed by atoms with Gasteiger partial charge in [-0.25, -0.2) is 4.72 Å². The van der Waals surface area contributed by atoms with Crippen LogP contribution in [0.3, 0.4) is 0 Å². The number of hydrogen-bond donors (Lipinski definition) is 3. The lowest BCUT2D eigenvalue weighted by molar-refractivity contribution is -0.0595. The Morgan fingerprint density at radius 3 is 2.00 bits per heavy atom. The van der Waals surface area contributed by atoms with Crippen LogP contribution in [0, 0.1) is 10.8 Å². The second-order valence-corrected chi connectivity index (χ2v) is 7.20. The molecule has 1 saturated carbocycles. The maximum absolute atomic E-state index is 11.7. The van der Waals surface area contributed by atoms with E-state index < -0.39 is 10.2 Å². The Bertz CT molecular complexity index is 346. The van der Waals surface area contributed by atoms with Gasteiger partial charge in [-0.15, -0.1) is 0 Å². The van der Waals surface area contributed by atoms with E-state index in [1.807, 2.05) is 27.7 Å². The van der Waals surface area contributed by atoms with Gasteiger partial charge in [0.2, 0.25) is 0 Å². The fourth-order valence-electron chi connectivity index (χ4n) is 2.87. The van der Waals surface area contributed by atoms with E-state index in [9.17, 15) is 8.42 Å². The molecule has 0 radical (unpaired) electrons. The Labute approximate surface area is 98.4 Å². The highest BCUT2D eigenvalue weighted by atomic mass is 32.2. The minimum Gasteiger partial charge on any atom is -0.327 e. The van der Waals surface area contributed by atoms with Gasteiger partial charge in [0.15, 0.2) is 0 Å². The van der Waals surface area contributed by atoms with Crippen molar-refractivity contribution < 1.29 is 8.42 Å². The highest BCUT2D eigenvalue weighted by Gasteiger charge is 2.60. The van der Waals surface area contributed by atoms with E-state index in [1.165, 1.54) is 0 Å². The third-order valence-electron chi connectivity index (χ3n) is 3.70. The topological polar surface area (TPSA) is 84.2 Å². The molecule has 0 atom stereocenters. The van der Waals surface area contributed by atoms with Crippen LogP contribution < -0.4 is 15.2 Å². The highest BCUT2D eigenvalue weighted by Crippen LogP contribution is 2.52. The molecule has 0 unspecified atom stereocenters. The number of hydrogen-bond acceptors (Lipinski definition) is 3. The van der Waals surface area contributed by atoms with E-state index in [4.69, 9.17) is 5.73 Å². The predicted molar refractivity (Wildman–Crippen MR) is 65.1 cm³/mol. The summed E-state index contributed by atoms with van der Waals surface area (Å²) in [5, 5.41) is 0. The molecule has 5 nitrogen and oxygen atoms in total. The predicted octanol–water partition coefficient (Wildman–Crippen LogP) is 0.192. The van der Waals surface area contributed by atoms with Gasteiger partial charge < -0.3 is 5.73 Å². The molecular weight excluding hydrogens is 226 g/mol. The van der Waals surface area contributed by atoms with Crippen molar-refractivity contribution in [2.24, 2.45) is 16.6 Å². The van der Waals surface area contributed by atoms with Crippen LogP contribution in [0.15, 0.2) is 0 Å². The first-order chi connectivity index (χ1) is 7.05. The van der Waals surface area contributed by atoms with E-state index in [2.05, 4.69) is 9.44 Å². The quantitative estimate of drug-likeness (QED) is 0.665. The zero-order chi connectivity index (χ0) is 12.8. The van der Waals surface area contributed by atoms with E-state index >= 15 is 0 Å². The van der Waals surface area contributed by atoms with Gasteiger partial charge in [0.1, 0.15) is 0 Å². The first-order valence-electron chi connectivity index (χ1n) is 5.58. The Morgan fingerprint density at radius 2 is 1.62 bits per heavy atom. The van der Waals surface area contributed by atoms with Crippen LogP contribution in [0.1, 0.15) is 34.6 Å². The average Bonchev–Trinajstić information content (AvgIpc) is 2.12. The molecule has 1 rings (SSSR count). The Balaban J connectivity index is 2.83. The van der Waals surface area contributed by atoms with Crippen molar-refractivity contribution in [1.82, 2.24) is 9.44 Å². The number of nitrogens with two attached hydrogens (primary N) is 1. The zero-order valence-corrected chi connectivity index (χ0v) is 11.5. The summed E-state index contributed by atoms with van der Waals surface area (Å²) >= 11 is 0. The number of rotatable bonds is 4. The van der Waals surface area contributed by atoms with Crippen molar-refractivity contribution >= 4 is 10.2 Å². The largest absolute Gasteiger partial charge is 0.327 e. The molecule has 0 bridgehead atoms. The van der Waals surface area contributed by atoms with Crippen molar-refractivity contribution in [3.8, 4) is 0 Å². The van der Waals surface area contributed by atoms with Crippen molar-refractivity contribution in [2.45, 2.75) is 46.7 Å². The normalized spacial score (nSPS) is 32.1. The van der Waals surface area contributed by atoms with E-state index in [0.29, 0.717) is 6.54 Å². The van der Waals surface area contributed by atoms with Crippen molar-refractivity contribution in [3.63, 3.8) is 0 Å². The Hall–Kier alpha value is -0.170. The third-order valence-corrected chi connectivity index (χ3v) is 4.91. The van der Waals surface area contributed by atoms with E-state index in [1.54, 1.807) is 6.92 Å². The van der Waals surface area contributed by atoms with E-state index in [0.717, 1.165) is 0 Å². The fourth-order valence-corrected chi connectivity index (χ4v) is 4.25. The van der Waals surface area contributed by atoms with Crippen LogP contribution in [-0.2, 0) is 10.2 Å². The molecule has 1 aliphatic rings. The van der Waals surface area contributed by atoms with Gasteiger partial charge in [-0.1, -0.05) is 34.6 Å². The maximum Gasteiger partial charge on any atom is 0.277 e. The van der Waals surface area contributed by atoms with Gasteiger partial charge >= 0.3 is 0 Å². The summed E-state index contributed by atoms with van der Waals surface area (Å²) in [5.41, 5.74) is 5.63. The van der Waals surface area contributed by atoms with Gasteiger partial charge in [-0.05, 0) is 10.8 Å². The van der Waals surface area contributed by atoms with Crippen LogP contribution in [0.4, 0.5) is 0 Å². The molecule has 4 N–H and O–H groups in total. The molecular formula is C10H23N3O2S. The molecule has 1 aliphatic carbocycles. The van der Waals surface area contributed by atoms with Gasteiger partial charge in [-0.3, -0.25) is 0 Å². The smallest absolute Gasteiger partial charge is 0.277 e. The zero-order valence-electron chi connectivity index (χ0n) is 10.7. The molecule has 0 aliphatic heterocycles. The molecule has 16 heavy (non-hydrogen) atoms. The summed E-state index contributed by atoms with van der Waals surface area (Å²) < 4.78 is 28.4. The second kappa shape index (κ2) is 3.94. The molecule has 0 spiro atoms. The first-order valence-corrected chi connectivity index (χ1v) is 7.06. The molecule has 0 heterocycles. The minimum atomic E-state index is -3.41. The Morgan fingerprint density at radius 1 is 1.19 bits per heavy atom. The van der Waals surface area contributed by atoms with Gasteiger partial charge in [0.25, 0.3) is 10.2 Å². The average molecular weight is 249 g/mol. The fraction of sp³-hybridized carbons (Fsp3) is 1.00. The Kier molecular flexibility index (Phi) is 3.42. The van der Waals surface area contributed by atoms with Gasteiger partial charge in [-0.2, -0.15) is 13.1 Å².